The minimum absolute atomic E-state index is 0.125. The van der Waals surface area contributed by atoms with Gasteiger partial charge in [0.1, 0.15) is 12.3 Å². The predicted molar refractivity (Wildman–Crippen MR) is 358 cm³/mol. The van der Waals surface area contributed by atoms with Crippen LogP contribution in [0.15, 0.2) is 114 Å². The number of nitrogens with zero attached hydrogens (tertiary/aromatic N) is 9. The second-order valence-electron chi connectivity index (χ2n) is 25.8. The average Bonchev–Trinajstić information content (AvgIpc) is 1.28. The lowest BCUT2D eigenvalue weighted by molar-refractivity contribution is 0.0105. The Morgan fingerprint density at radius 2 is 1.52 bits per heavy atom. The van der Waals surface area contributed by atoms with Gasteiger partial charge in [0.2, 0.25) is 0 Å². The van der Waals surface area contributed by atoms with Crippen molar-refractivity contribution in [1.82, 2.24) is 34.4 Å². The van der Waals surface area contributed by atoms with Crippen molar-refractivity contribution in [3.8, 4) is 17.6 Å². The molecule has 0 aliphatic carbocycles. The molecule has 0 saturated carbocycles. The molecule has 0 N–H and O–H groups in total. The lowest BCUT2D eigenvalue weighted by Crippen LogP contribution is -2.68. The number of hydrogen-bond donors (Lipinski definition) is 0. The molecule has 88 heavy (non-hydrogen) atoms. The number of amides is 1. The van der Waals surface area contributed by atoms with Crippen LogP contribution in [0.5, 0.6) is 5.75 Å². The third-order valence-corrected chi connectivity index (χ3v) is 24.0. The van der Waals surface area contributed by atoms with E-state index in [-0.39, 0.29) is 35.3 Å². The Labute approximate surface area is 529 Å². The van der Waals surface area contributed by atoms with Gasteiger partial charge < -0.3 is 33.2 Å². The molecule has 1 saturated heterocycles. The maximum Gasteiger partial charge on any atom is 0.410 e. The number of thiazole rings is 2. The second kappa shape index (κ2) is 30.3. The predicted octanol–water partition coefficient (Wildman–Crippen LogP) is 12.1. The zero-order valence-electron chi connectivity index (χ0n) is 53.7. The number of carbonyl (C=O) groups excluding carboxylic acids is 2. The van der Waals surface area contributed by atoms with Crippen LogP contribution in [0.25, 0.3) is 10.2 Å². The van der Waals surface area contributed by atoms with Crippen molar-refractivity contribution in [3.63, 3.8) is 0 Å². The molecule has 3 aromatic heterocycles. The number of rotatable bonds is 25. The zero-order chi connectivity index (χ0) is 63.2. The Bertz CT molecular complexity index is 3540. The first kappa shape index (κ1) is 67.3. The number of ether oxygens (including phenoxy) is 4. The summed E-state index contributed by atoms with van der Waals surface area (Å²) in [5.41, 5.74) is 1.98. The highest BCUT2D eigenvalue weighted by Gasteiger charge is 2.51. The first-order valence-corrected chi connectivity index (χ1v) is 37.6. The van der Waals surface area contributed by atoms with Crippen LogP contribution in [-0.2, 0) is 31.8 Å². The Morgan fingerprint density at radius 3 is 2.15 bits per heavy atom. The smallest absolute Gasteiger partial charge is 0.410 e. The lowest BCUT2D eigenvalue weighted by Gasteiger charge is -2.46. The van der Waals surface area contributed by atoms with Crippen molar-refractivity contribution < 1.29 is 37.4 Å². The quantitative estimate of drug-likeness (QED) is 0.0231. The van der Waals surface area contributed by atoms with Gasteiger partial charge in [0.15, 0.2) is 38.8 Å². The van der Waals surface area contributed by atoms with Gasteiger partial charge >= 0.3 is 12.1 Å². The molecule has 1 aliphatic rings. The largest absolute Gasteiger partial charge is 0.491 e. The SMILES string of the molecule is COC(=O)c1nc(N(CCCC(CN2CCN(C(=O)OC(C)(C)C)CC2)O[Si](c2ccccc2)(c2ccccc2)C(C)(C)C)c2cc(C)c(N=c3sc4ccccc4n3COCC[Si](C)(C)C)nn2)sc1CCCOc1ccc(C#CCN(C)C)cc1F. The fraction of sp³-hybridized carbons (Fsp3) is 0.463. The van der Waals surface area contributed by atoms with Gasteiger partial charge in [-0.25, -0.2) is 19.0 Å². The number of anilines is 2. The zero-order valence-corrected chi connectivity index (χ0v) is 57.3. The van der Waals surface area contributed by atoms with Crippen LogP contribution in [-0.4, -0.2) is 155 Å². The molecular weight excluding hydrogens is 1180 g/mol. The molecule has 0 bridgehead atoms. The number of aromatic nitrogens is 4. The maximum absolute atomic E-state index is 15.3. The summed E-state index contributed by atoms with van der Waals surface area (Å²) in [6, 6.07) is 37.4. The highest BCUT2D eigenvalue weighted by molar-refractivity contribution is 7.16. The third kappa shape index (κ3) is 18.0. The average molecular weight is 1270 g/mol. The summed E-state index contributed by atoms with van der Waals surface area (Å²) in [4.78, 5) is 46.8. The van der Waals surface area contributed by atoms with E-state index in [0.29, 0.717) is 112 Å². The van der Waals surface area contributed by atoms with Gasteiger partial charge in [0.05, 0.1) is 36.6 Å². The van der Waals surface area contributed by atoms with Crippen molar-refractivity contribution in [2.45, 2.75) is 123 Å². The molecular formula is C67H88FN9O7S2Si2. The topological polar surface area (TPSA) is 149 Å². The van der Waals surface area contributed by atoms with E-state index in [1.54, 1.807) is 28.4 Å². The fourth-order valence-corrected chi connectivity index (χ4v) is 18.1. The van der Waals surface area contributed by atoms with E-state index in [1.807, 2.05) is 69.8 Å². The van der Waals surface area contributed by atoms with Crippen LogP contribution in [0, 0.1) is 24.6 Å². The van der Waals surface area contributed by atoms with Gasteiger partial charge in [-0.1, -0.05) is 136 Å². The van der Waals surface area contributed by atoms with E-state index in [4.69, 9.17) is 43.5 Å². The van der Waals surface area contributed by atoms with Gasteiger partial charge in [-0.05, 0) is 131 Å². The summed E-state index contributed by atoms with van der Waals surface area (Å²) in [7, 11) is 0.816. The third-order valence-electron chi connectivity index (χ3n) is 15.0. The van der Waals surface area contributed by atoms with Crippen molar-refractivity contribution in [1.29, 1.82) is 0 Å². The molecule has 16 nitrogen and oxygen atoms in total. The number of halogens is 1. The first-order chi connectivity index (χ1) is 41.9. The van der Waals surface area contributed by atoms with E-state index in [2.05, 4.69) is 135 Å². The summed E-state index contributed by atoms with van der Waals surface area (Å²) in [6.07, 6.45) is 1.55. The van der Waals surface area contributed by atoms with Crippen LogP contribution in [0.2, 0.25) is 30.7 Å². The number of methoxy groups -OCH3 is 1. The normalized spacial score (nSPS) is 14.0. The molecule has 7 aromatic rings. The number of benzene rings is 4. The number of carbonyl (C=O) groups is 2. The Balaban J connectivity index is 1.13. The van der Waals surface area contributed by atoms with Crippen LogP contribution in [0.3, 0.4) is 0 Å². The number of aryl methyl sites for hydroxylation is 2. The van der Waals surface area contributed by atoms with Crippen LogP contribution < -0.4 is 24.8 Å². The standard InChI is InChI=1S/C67H88FN9O7S2Si2/c1-49-45-59(71-72-61(49)70-64-77(48-81-43-44-87(11,12)13)55-31-20-21-32-57(55)85-64)76(63-69-60(62(78)80-10)58(86-63)33-24-42-82-56-35-34-50(46-54(56)68)25-22-36-73(8)9)37-23-26-51(47-74-38-40-75(41-39-74)65(79)83-66(2,3)4)84-88(67(5,6)7,52-27-16-14-17-28-52)53-29-18-15-19-30-53/h14-21,27-32,34-35,45-46,51H,23-24,26,33,36-44,47-48H2,1-13H3. The molecule has 4 aromatic carbocycles. The van der Waals surface area contributed by atoms with Gasteiger partial charge in [-0.15, -0.1) is 21.5 Å². The van der Waals surface area contributed by atoms with E-state index in [9.17, 15) is 9.59 Å². The van der Waals surface area contributed by atoms with Crippen molar-refractivity contribution in [2.75, 3.05) is 85.1 Å². The van der Waals surface area contributed by atoms with E-state index >= 15 is 4.39 Å². The van der Waals surface area contributed by atoms with E-state index in [1.165, 1.54) is 34.9 Å². The molecule has 21 heteroatoms. The molecule has 1 fully saturated rings. The van der Waals surface area contributed by atoms with Crippen LogP contribution in [0.4, 0.5) is 26.0 Å². The van der Waals surface area contributed by atoms with Crippen LogP contribution in [0.1, 0.15) is 87.3 Å². The van der Waals surface area contributed by atoms with Gasteiger partial charge in [0.25, 0.3) is 8.32 Å². The van der Waals surface area contributed by atoms with E-state index in [0.717, 1.165) is 26.6 Å². The molecule has 470 valence electrons. The highest BCUT2D eigenvalue weighted by Crippen LogP contribution is 2.39. The lowest BCUT2D eigenvalue weighted by atomic mass is 10.1. The van der Waals surface area contributed by atoms with Gasteiger partial charge in [-0.3, -0.25) is 14.4 Å². The summed E-state index contributed by atoms with van der Waals surface area (Å²) in [5, 5.41) is 12.4. The van der Waals surface area contributed by atoms with E-state index < -0.39 is 33.8 Å². The van der Waals surface area contributed by atoms with Crippen molar-refractivity contribution in [3.05, 3.63) is 142 Å². The van der Waals surface area contributed by atoms with Crippen molar-refractivity contribution in [2.24, 2.45) is 4.99 Å². The Kier molecular flexibility index (Phi) is 23.1. The monoisotopic (exact) mass is 1270 g/mol. The number of hydrogen-bond acceptors (Lipinski definition) is 16. The number of fused-ring (bicyclic) bond motifs is 1. The summed E-state index contributed by atoms with van der Waals surface area (Å²) in [6.45, 7) is 26.8. The van der Waals surface area contributed by atoms with Crippen molar-refractivity contribution >= 4 is 88.5 Å². The molecule has 0 spiro atoms. The molecule has 1 atom stereocenters. The number of esters is 1. The highest BCUT2D eigenvalue weighted by atomic mass is 32.1. The molecule has 1 amide bonds. The first-order valence-electron chi connectivity index (χ1n) is 30.4. The summed E-state index contributed by atoms with van der Waals surface area (Å²) < 4.78 is 49.9. The molecule has 0 radical (unpaired) electrons. The number of para-hydroxylation sites is 1. The van der Waals surface area contributed by atoms with Crippen LogP contribution >= 0.6 is 22.7 Å². The maximum atomic E-state index is 15.3. The molecule has 1 aliphatic heterocycles. The summed E-state index contributed by atoms with van der Waals surface area (Å²) in [5.74, 6) is 6.10. The Hall–Kier alpha value is -6.62. The number of piperazine rings is 1. The second-order valence-corrected chi connectivity index (χ2v) is 37.8. The fourth-order valence-electron chi connectivity index (χ4n) is 10.5. The molecule has 1 unspecified atom stereocenters. The summed E-state index contributed by atoms with van der Waals surface area (Å²) >= 11 is 2.96. The minimum Gasteiger partial charge on any atom is -0.491 e. The molecule has 4 heterocycles. The van der Waals surface area contributed by atoms with Gasteiger partial charge in [-0.2, -0.15) is 4.99 Å². The molecule has 8 rings (SSSR count). The Morgan fingerprint density at radius 1 is 0.841 bits per heavy atom. The minimum atomic E-state index is -3.08. The van der Waals surface area contributed by atoms with Gasteiger partial charge in [0, 0.05) is 64.4 Å².